The molecule has 9 heteroatoms. The molecule has 0 saturated carbocycles. The fourth-order valence-corrected chi connectivity index (χ4v) is 3.82. The summed E-state index contributed by atoms with van der Waals surface area (Å²) in [6, 6.07) is 17.1. The third kappa shape index (κ3) is 3.58. The number of nitrogens with zero attached hydrogens (tertiary/aromatic N) is 4. The van der Waals surface area contributed by atoms with Gasteiger partial charge in [0, 0.05) is 36.2 Å². The highest BCUT2D eigenvalue weighted by atomic mass is 16.5. The molecule has 1 atom stereocenters. The van der Waals surface area contributed by atoms with Crippen LogP contribution in [0.4, 0.5) is 5.69 Å². The summed E-state index contributed by atoms with van der Waals surface area (Å²) in [5.41, 5.74) is 3.14. The Labute approximate surface area is 184 Å². The molecule has 2 aromatic heterocycles. The normalized spacial score (nSPS) is 15.9. The standard InChI is InChI=1S/C23H21N5O4/c1-30-19-9-8-16(11-20(19)31-2)28-13-15(10-21(28)29)22-24-23(32-27-22)18-12-17(25-26-18)14-6-4-3-5-7-14/h3-9,11-12,15H,10,13H2,1-2H3,(H,25,26). The first kappa shape index (κ1) is 19.8. The second-order valence-corrected chi connectivity index (χ2v) is 7.44. The van der Waals surface area contributed by atoms with Gasteiger partial charge in [0.15, 0.2) is 17.3 Å². The van der Waals surface area contributed by atoms with E-state index in [1.54, 1.807) is 31.3 Å². The van der Waals surface area contributed by atoms with Gasteiger partial charge in [-0.05, 0) is 18.2 Å². The smallest absolute Gasteiger partial charge is 0.275 e. The minimum absolute atomic E-state index is 0.0125. The van der Waals surface area contributed by atoms with Crippen molar-refractivity contribution in [1.29, 1.82) is 0 Å². The topological polar surface area (TPSA) is 106 Å². The first-order valence-electron chi connectivity index (χ1n) is 10.1. The van der Waals surface area contributed by atoms with Gasteiger partial charge < -0.3 is 18.9 Å². The van der Waals surface area contributed by atoms with Crippen LogP contribution >= 0.6 is 0 Å². The van der Waals surface area contributed by atoms with E-state index in [0.717, 1.165) is 16.9 Å². The molecular weight excluding hydrogens is 410 g/mol. The molecule has 0 aliphatic carbocycles. The van der Waals surface area contributed by atoms with Gasteiger partial charge in [0.1, 0.15) is 5.69 Å². The van der Waals surface area contributed by atoms with E-state index in [2.05, 4.69) is 20.3 Å². The van der Waals surface area contributed by atoms with Gasteiger partial charge in [0.05, 0.1) is 19.9 Å². The molecule has 5 rings (SSSR count). The fourth-order valence-electron chi connectivity index (χ4n) is 3.82. The van der Waals surface area contributed by atoms with Crippen LogP contribution < -0.4 is 14.4 Å². The van der Waals surface area contributed by atoms with E-state index in [1.165, 1.54) is 0 Å². The Morgan fingerprint density at radius 3 is 2.66 bits per heavy atom. The summed E-state index contributed by atoms with van der Waals surface area (Å²) in [5, 5.41) is 11.4. The lowest BCUT2D eigenvalue weighted by Gasteiger charge is -2.18. The van der Waals surface area contributed by atoms with E-state index >= 15 is 0 Å². The number of rotatable bonds is 6. The van der Waals surface area contributed by atoms with Gasteiger partial charge in [-0.2, -0.15) is 10.1 Å². The molecular formula is C23H21N5O4. The molecule has 9 nitrogen and oxygen atoms in total. The number of hydrogen-bond acceptors (Lipinski definition) is 7. The molecule has 1 unspecified atom stereocenters. The summed E-state index contributed by atoms with van der Waals surface area (Å²) in [6.45, 7) is 0.450. The molecule has 1 saturated heterocycles. The molecule has 1 amide bonds. The van der Waals surface area contributed by atoms with Crippen molar-refractivity contribution in [3.8, 4) is 34.3 Å². The average molecular weight is 431 g/mol. The number of aromatic nitrogens is 4. The van der Waals surface area contributed by atoms with Gasteiger partial charge >= 0.3 is 0 Å². The molecule has 4 aromatic rings. The summed E-state index contributed by atoms with van der Waals surface area (Å²) < 4.78 is 16.1. The van der Waals surface area contributed by atoms with E-state index in [1.807, 2.05) is 42.5 Å². The number of carbonyl (C=O) groups is 1. The number of ether oxygens (including phenoxy) is 2. The van der Waals surface area contributed by atoms with Crippen molar-refractivity contribution in [3.05, 3.63) is 60.4 Å². The first-order chi connectivity index (χ1) is 15.7. The van der Waals surface area contributed by atoms with E-state index < -0.39 is 0 Å². The second-order valence-electron chi connectivity index (χ2n) is 7.44. The van der Waals surface area contributed by atoms with Gasteiger partial charge in [0.2, 0.25) is 5.91 Å². The van der Waals surface area contributed by atoms with Crippen LogP contribution in [0.3, 0.4) is 0 Å². The molecule has 0 bridgehead atoms. The Morgan fingerprint density at radius 2 is 1.88 bits per heavy atom. The van der Waals surface area contributed by atoms with Crippen LogP contribution in [0.1, 0.15) is 18.2 Å². The number of methoxy groups -OCH3 is 2. The SMILES string of the molecule is COc1ccc(N2CC(c3noc(-c4cc(-c5ccccc5)n[nH]4)n3)CC2=O)cc1OC. The molecule has 162 valence electrons. The second kappa shape index (κ2) is 8.18. The molecule has 1 aliphatic rings. The quantitative estimate of drug-likeness (QED) is 0.496. The van der Waals surface area contributed by atoms with E-state index in [9.17, 15) is 4.79 Å². The van der Waals surface area contributed by atoms with Crippen LogP contribution in [0.2, 0.25) is 0 Å². The maximum Gasteiger partial charge on any atom is 0.275 e. The van der Waals surface area contributed by atoms with Crippen molar-refractivity contribution in [2.24, 2.45) is 0 Å². The number of H-pyrrole nitrogens is 1. The predicted octanol–water partition coefficient (Wildman–Crippen LogP) is 3.66. The van der Waals surface area contributed by atoms with E-state index in [4.69, 9.17) is 14.0 Å². The summed E-state index contributed by atoms with van der Waals surface area (Å²) in [5.74, 6) is 1.82. The highest BCUT2D eigenvalue weighted by molar-refractivity contribution is 5.96. The van der Waals surface area contributed by atoms with Crippen molar-refractivity contribution in [1.82, 2.24) is 20.3 Å². The van der Waals surface area contributed by atoms with Crippen molar-refractivity contribution >= 4 is 11.6 Å². The molecule has 0 spiro atoms. The number of amides is 1. The van der Waals surface area contributed by atoms with Crippen LogP contribution in [-0.4, -0.2) is 47.0 Å². The summed E-state index contributed by atoms with van der Waals surface area (Å²) in [7, 11) is 3.14. The molecule has 3 heterocycles. The first-order valence-corrected chi connectivity index (χ1v) is 10.1. The maximum absolute atomic E-state index is 12.7. The van der Waals surface area contributed by atoms with Gasteiger partial charge in [-0.1, -0.05) is 35.5 Å². The number of aromatic amines is 1. The maximum atomic E-state index is 12.7. The lowest BCUT2D eigenvalue weighted by atomic mass is 10.1. The monoisotopic (exact) mass is 431 g/mol. The van der Waals surface area contributed by atoms with Crippen molar-refractivity contribution in [2.75, 3.05) is 25.7 Å². The zero-order chi connectivity index (χ0) is 22.1. The van der Waals surface area contributed by atoms with Crippen LogP contribution in [0.25, 0.3) is 22.8 Å². The van der Waals surface area contributed by atoms with Crippen molar-refractivity contribution in [2.45, 2.75) is 12.3 Å². The molecule has 1 N–H and O–H groups in total. The minimum Gasteiger partial charge on any atom is -0.493 e. The van der Waals surface area contributed by atoms with Gasteiger partial charge in [0.25, 0.3) is 5.89 Å². The number of nitrogens with one attached hydrogen (secondary N) is 1. The number of benzene rings is 2. The lowest BCUT2D eigenvalue weighted by molar-refractivity contribution is -0.117. The van der Waals surface area contributed by atoms with Crippen LogP contribution in [-0.2, 0) is 4.79 Å². The molecule has 2 aromatic carbocycles. The van der Waals surface area contributed by atoms with Gasteiger partial charge in [-0.3, -0.25) is 9.89 Å². The van der Waals surface area contributed by atoms with Crippen molar-refractivity contribution < 1.29 is 18.8 Å². The van der Waals surface area contributed by atoms with E-state index in [-0.39, 0.29) is 11.8 Å². The van der Waals surface area contributed by atoms with Crippen LogP contribution in [0.15, 0.2) is 59.1 Å². The Bertz CT molecular complexity index is 1250. The highest BCUT2D eigenvalue weighted by Gasteiger charge is 2.35. The van der Waals surface area contributed by atoms with Gasteiger partial charge in [-0.15, -0.1) is 0 Å². The third-order valence-corrected chi connectivity index (χ3v) is 5.49. The Balaban J connectivity index is 1.34. The highest BCUT2D eigenvalue weighted by Crippen LogP contribution is 2.36. The minimum atomic E-state index is -0.176. The van der Waals surface area contributed by atoms with E-state index in [0.29, 0.717) is 41.9 Å². The fraction of sp³-hybridized carbons (Fsp3) is 0.217. The molecule has 32 heavy (non-hydrogen) atoms. The lowest BCUT2D eigenvalue weighted by Crippen LogP contribution is -2.24. The number of hydrogen-bond donors (Lipinski definition) is 1. The largest absolute Gasteiger partial charge is 0.493 e. The summed E-state index contributed by atoms with van der Waals surface area (Å²) in [6.07, 6.45) is 0.297. The molecule has 1 fully saturated rings. The van der Waals surface area contributed by atoms with Crippen LogP contribution in [0, 0.1) is 0 Å². The predicted molar refractivity (Wildman–Crippen MR) is 117 cm³/mol. The zero-order valence-electron chi connectivity index (χ0n) is 17.6. The summed E-state index contributed by atoms with van der Waals surface area (Å²) >= 11 is 0. The average Bonchev–Trinajstić information content (AvgIpc) is 3.58. The Morgan fingerprint density at radius 1 is 1.06 bits per heavy atom. The third-order valence-electron chi connectivity index (χ3n) is 5.49. The number of carbonyl (C=O) groups excluding carboxylic acids is 1. The Hall–Kier alpha value is -4.14. The molecule has 0 radical (unpaired) electrons. The Kier molecular flexibility index (Phi) is 5.06. The number of anilines is 1. The summed E-state index contributed by atoms with van der Waals surface area (Å²) in [4.78, 5) is 18.9. The van der Waals surface area contributed by atoms with Crippen molar-refractivity contribution in [3.63, 3.8) is 0 Å². The van der Waals surface area contributed by atoms with Gasteiger partial charge in [-0.25, -0.2) is 0 Å². The van der Waals surface area contributed by atoms with Crippen LogP contribution in [0.5, 0.6) is 11.5 Å². The molecule has 1 aliphatic heterocycles. The zero-order valence-corrected chi connectivity index (χ0v) is 17.6.